The Kier molecular flexibility index (Phi) is 2.71. The second-order valence-electron chi connectivity index (χ2n) is 4.39. The number of thiocarbonyl (C=S) groups is 1. The van der Waals surface area contributed by atoms with Crippen LogP contribution >= 0.6 is 24.0 Å². The number of hydrogen-bond acceptors (Lipinski definition) is 3. The molecule has 1 fully saturated rings. The number of rotatable bonds is 1. The van der Waals surface area contributed by atoms with Crippen LogP contribution < -0.4 is 0 Å². The van der Waals surface area contributed by atoms with Gasteiger partial charge in [0.1, 0.15) is 4.32 Å². The molecule has 2 aliphatic rings. The second-order valence-corrected chi connectivity index (χ2v) is 6.26. The van der Waals surface area contributed by atoms with E-state index in [1.165, 1.54) is 11.1 Å². The lowest BCUT2D eigenvalue weighted by Gasteiger charge is -2.23. The molecule has 1 amide bonds. The van der Waals surface area contributed by atoms with E-state index in [0.717, 1.165) is 10.7 Å². The van der Waals surface area contributed by atoms with Crippen LogP contribution in [-0.4, -0.2) is 20.4 Å². The van der Waals surface area contributed by atoms with Gasteiger partial charge < -0.3 is 0 Å². The van der Waals surface area contributed by atoms with Crippen LogP contribution in [0.2, 0.25) is 0 Å². The Bertz CT molecular complexity index is 492. The first-order chi connectivity index (χ1) is 8.22. The Morgan fingerprint density at radius 2 is 2.29 bits per heavy atom. The minimum Gasteiger partial charge on any atom is -0.289 e. The maximum absolute atomic E-state index is 12.0. The summed E-state index contributed by atoms with van der Waals surface area (Å²) in [4.78, 5) is 13.8. The van der Waals surface area contributed by atoms with Crippen LogP contribution in [0.5, 0.6) is 0 Å². The molecule has 1 aliphatic carbocycles. The lowest BCUT2D eigenvalue weighted by molar-refractivity contribution is -0.128. The molecule has 0 radical (unpaired) electrons. The number of nitrogens with zero attached hydrogens (tertiary/aromatic N) is 1. The highest BCUT2D eigenvalue weighted by Crippen LogP contribution is 2.49. The molecule has 1 heterocycles. The Hall–Kier alpha value is -0.870. The average molecular weight is 263 g/mol. The van der Waals surface area contributed by atoms with Gasteiger partial charge in [-0.05, 0) is 17.5 Å². The summed E-state index contributed by atoms with van der Waals surface area (Å²) in [7, 11) is 0. The van der Waals surface area contributed by atoms with Crippen molar-refractivity contribution in [3.63, 3.8) is 0 Å². The van der Waals surface area contributed by atoms with Crippen LogP contribution in [0.25, 0.3) is 0 Å². The van der Waals surface area contributed by atoms with E-state index >= 15 is 0 Å². The van der Waals surface area contributed by atoms with Crippen LogP contribution in [0.1, 0.15) is 30.5 Å². The van der Waals surface area contributed by atoms with Gasteiger partial charge in [0.15, 0.2) is 0 Å². The summed E-state index contributed by atoms with van der Waals surface area (Å²) in [5.74, 6) is 0.145. The quantitative estimate of drug-likeness (QED) is 0.727. The number of hydrogen-bond donors (Lipinski definition) is 0. The molecule has 0 aromatic heterocycles. The van der Waals surface area contributed by atoms with E-state index in [-0.39, 0.29) is 11.9 Å². The van der Waals surface area contributed by atoms with E-state index in [2.05, 4.69) is 18.2 Å². The van der Waals surface area contributed by atoms with E-state index in [1.807, 2.05) is 17.9 Å². The lowest BCUT2D eigenvalue weighted by atomic mass is 10.1. The summed E-state index contributed by atoms with van der Waals surface area (Å²) in [6.07, 6.45) is 1.55. The number of fused-ring (bicyclic) bond motifs is 3. The maximum Gasteiger partial charge on any atom is 0.228 e. The molecule has 17 heavy (non-hydrogen) atoms. The van der Waals surface area contributed by atoms with E-state index in [9.17, 15) is 4.79 Å². The zero-order chi connectivity index (χ0) is 12.0. The van der Waals surface area contributed by atoms with Gasteiger partial charge >= 0.3 is 0 Å². The molecule has 1 aliphatic heterocycles. The largest absolute Gasteiger partial charge is 0.289 e. The van der Waals surface area contributed by atoms with Gasteiger partial charge in [-0.15, -0.1) is 0 Å². The first-order valence-corrected chi connectivity index (χ1v) is 7.11. The molecule has 0 N–H and O–H groups in total. The monoisotopic (exact) mass is 263 g/mol. The second kappa shape index (κ2) is 4.10. The highest BCUT2D eigenvalue weighted by Gasteiger charge is 2.46. The molecule has 4 heteroatoms. The van der Waals surface area contributed by atoms with E-state index in [4.69, 9.17) is 12.2 Å². The molecule has 3 rings (SSSR count). The summed E-state index contributed by atoms with van der Waals surface area (Å²) in [5.41, 5.74) is 2.65. The summed E-state index contributed by atoms with van der Waals surface area (Å²) in [6.45, 7) is 1.89. The number of thioether (sulfide) groups is 1. The van der Waals surface area contributed by atoms with Gasteiger partial charge in [-0.3, -0.25) is 9.69 Å². The number of benzene rings is 1. The highest BCUT2D eigenvalue weighted by atomic mass is 32.2. The Labute approximate surface area is 110 Å². The van der Waals surface area contributed by atoms with Gasteiger partial charge in [-0.25, -0.2) is 0 Å². The number of amides is 1. The molecule has 88 valence electrons. The van der Waals surface area contributed by atoms with E-state index in [0.29, 0.717) is 11.7 Å². The molecule has 2 nitrogen and oxygen atoms in total. The average Bonchev–Trinajstić information content (AvgIpc) is 2.82. The first-order valence-electron chi connectivity index (χ1n) is 5.83. The van der Waals surface area contributed by atoms with Gasteiger partial charge in [0, 0.05) is 11.7 Å². The Balaban J connectivity index is 2.03. The van der Waals surface area contributed by atoms with Gasteiger partial charge in [0.2, 0.25) is 5.91 Å². The van der Waals surface area contributed by atoms with Gasteiger partial charge in [-0.2, -0.15) is 0 Å². The van der Waals surface area contributed by atoms with Crippen molar-refractivity contribution in [3.05, 3.63) is 35.4 Å². The summed E-state index contributed by atoms with van der Waals surface area (Å²) >= 11 is 7.02. The van der Waals surface area contributed by atoms with Gasteiger partial charge in [0.05, 0.1) is 6.04 Å². The summed E-state index contributed by atoms with van der Waals surface area (Å²) < 4.78 is 0.751. The van der Waals surface area contributed by atoms with Crippen molar-refractivity contribution in [1.29, 1.82) is 0 Å². The molecule has 0 saturated carbocycles. The highest BCUT2D eigenvalue weighted by molar-refractivity contribution is 8.23. The Morgan fingerprint density at radius 1 is 1.53 bits per heavy atom. The molecule has 1 aromatic rings. The molecule has 2 atom stereocenters. The molecule has 0 unspecified atom stereocenters. The van der Waals surface area contributed by atoms with Crippen LogP contribution in [-0.2, 0) is 11.2 Å². The number of carbonyl (C=O) groups is 1. The van der Waals surface area contributed by atoms with Crippen molar-refractivity contribution in [2.24, 2.45) is 0 Å². The van der Waals surface area contributed by atoms with Gasteiger partial charge in [0.25, 0.3) is 0 Å². The predicted molar refractivity (Wildman–Crippen MR) is 74.0 cm³/mol. The molecule has 0 bridgehead atoms. The molecular weight excluding hydrogens is 250 g/mol. The fourth-order valence-electron chi connectivity index (χ4n) is 2.68. The maximum atomic E-state index is 12.0. The lowest BCUT2D eigenvalue weighted by Crippen LogP contribution is -2.33. The zero-order valence-electron chi connectivity index (χ0n) is 9.55. The molecular formula is C13H13NOS2. The first kappa shape index (κ1) is 11.2. The van der Waals surface area contributed by atoms with Crippen LogP contribution in [0.3, 0.4) is 0 Å². The summed E-state index contributed by atoms with van der Waals surface area (Å²) in [5, 5.41) is 0.426. The molecule has 1 aromatic carbocycles. The van der Waals surface area contributed by atoms with Crippen molar-refractivity contribution in [1.82, 2.24) is 4.90 Å². The third kappa shape index (κ3) is 1.62. The number of carbonyl (C=O) groups excluding carboxylic acids is 1. The van der Waals surface area contributed by atoms with Gasteiger partial charge in [-0.1, -0.05) is 55.2 Å². The van der Waals surface area contributed by atoms with Crippen molar-refractivity contribution < 1.29 is 4.79 Å². The van der Waals surface area contributed by atoms with E-state index < -0.39 is 0 Å². The third-order valence-corrected chi connectivity index (χ3v) is 5.06. The smallest absolute Gasteiger partial charge is 0.228 e. The van der Waals surface area contributed by atoms with Crippen LogP contribution in [0.4, 0.5) is 0 Å². The molecule has 1 saturated heterocycles. The SMILES string of the molecule is CCC(=O)N1C(=S)S[C@@H]2Cc3ccccc3[C@@H]21. The summed E-state index contributed by atoms with van der Waals surface area (Å²) in [6, 6.07) is 8.57. The zero-order valence-corrected chi connectivity index (χ0v) is 11.2. The van der Waals surface area contributed by atoms with Crippen molar-refractivity contribution in [2.45, 2.75) is 31.1 Å². The van der Waals surface area contributed by atoms with E-state index in [1.54, 1.807) is 11.8 Å². The van der Waals surface area contributed by atoms with Crippen LogP contribution in [0, 0.1) is 0 Å². The van der Waals surface area contributed by atoms with Crippen molar-refractivity contribution >= 4 is 34.2 Å². The standard InChI is InChI=1S/C13H13NOS2/c1-2-11(15)14-12-9-6-4-3-5-8(9)7-10(12)17-13(14)16/h3-6,10,12H,2,7H2,1H3/t10-,12+/m1/s1. The minimum absolute atomic E-state index is 0.145. The normalized spacial score (nSPS) is 25.9. The topological polar surface area (TPSA) is 20.3 Å². The predicted octanol–water partition coefficient (Wildman–Crippen LogP) is 2.92. The minimum atomic E-state index is 0.145. The molecule has 0 spiro atoms. The fourth-order valence-corrected chi connectivity index (χ4v) is 4.51. The van der Waals surface area contributed by atoms with Crippen molar-refractivity contribution in [3.8, 4) is 0 Å². The Morgan fingerprint density at radius 3 is 3.06 bits per heavy atom. The van der Waals surface area contributed by atoms with Crippen molar-refractivity contribution in [2.75, 3.05) is 0 Å². The fraction of sp³-hybridized carbons (Fsp3) is 0.385. The van der Waals surface area contributed by atoms with Crippen LogP contribution in [0.15, 0.2) is 24.3 Å². The third-order valence-electron chi connectivity index (χ3n) is 3.45.